The summed E-state index contributed by atoms with van der Waals surface area (Å²) < 4.78 is 2.16. The molecule has 0 radical (unpaired) electrons. The third-order valence-corrected chi connectivity index (χ3v) is 10.1. The first-order valence-electron chi connectivity index (χ1n) is 18.2. The molecule has 5 heteroatoms. The maximum Gasteiger partial charge on any atom is 0.239 e. The van der Waals surface area contributed by atoms with Crippen LogP contribution >= 0.6 is 0 Å². The number of hydrogen-bond acceptors (Lipinski definition) is 2. The summed E-state index contributed by atoms with van der Waals surface area (Å²) in [4.78, 5) is 18.7. The van der Waals surface area contributed by atoms with Crippen LogP contribution in [-0.2, 0) is 0 Å². The van der Waals surface area contributed by atoms with Gasteiger partial charge in [-0.1, -0.05) is 127 Å². The number of aromatic nitrogens is 5. The van der Waals surface area contributed by atoms with Gasteiger partial charge in [-0.3, -0.25) is 0 Å². The van der Waals surface area contributed by atoms with Crippen LogP contribution in [0, 0.1) is 0 Å². The summed E-state index contributed by atoms with van der Waals surface area (Å²) in [5.74, 6) is 0. The monoisotopic (exact) mass is 692 g/mol. The first kappa shape index (κ1) is 31.4. The van der Waals surface area contributed by atoms with E-state index in [0.29, 0.717) is 0 Å². The van der Waals surface area contributed by atoms with Crippen molar-refractivity contribution in [2.24, 2.45) is 0 Å². The highest BCUT2D eigenvalue weighted by Crippen LogP contribution is 2.39. The van der Waals surface area contributed by atoms with Crippen LogP contribution < -0.4 is 4.57 Å². The summed E-state index contributed by atoms with van der Waals surface area (Å²) in [6, 6.07) is 57.0. The lowest BCUT2D eigenvalue weighted by atomic mass is 10.0. The second-order valence-electron chi connectivity index (χ2n) is 13.4. The van der Waals surface area contributed by atoms with Crippen molar-refractivity contribution in [3.63, 3.8) is 0 Å². The topological polar surface area (TPSA) is 61.2 Å². The number of H-pyrrole nitrogens is 2. The van der Waals surface area contributed by atoms with Crippen LogP contribution in [0.1, 0.15) is 22.8 Å². The Balaban J connectivity index is 1.44. The van der Waals surface area contributed by atoms with Gasteiger partial charge in [-0.05, 0) is 58.7 Å². The maximum atomic E-state index is 5.60. The van der Waals surface area contributed by atoms with Crippen LogP contribution in [0.4, 0.5) is 0 Å². The summed E-state index contributed by atoms with van der Waals surface area (Å²) in [6.07, 6.45) is 10.7. The predicted octanol–water partition coefficient (Wildman–Crippen LogP) is 11.5. The number of rotatable bonds is 5. The van der Waals surface area contributed by atoms with Crippen molar-refractivity contribution >= 4 is 46.0 Å². The Bertz CT molecular complexity index is 2890. The lowest BCUT2D eigenvalue weighted by Crippen LogP contribution is -2.31. The Morgan fingerprint density at radius 2 is 0.722 bits per heavy atom. The minimum absolute atomic E-state index is 0.870. The van der Waals surface area contributed by atoms with E-state index in [-0.39, 0.29) is 0 Å². The fourth-order valence-corrected chi connectivity index (χ4v) is 7.65. The molecule has 254 valence electrons. The molecule has 8 aromatic rings. The van der Waals surface area contributed by atoms with E-state index in [1.807, 2.05) is 6.07 Å². The Morgan fingerprint density at radius 1 is 0.352 bits per heavy atom. The third-order valence-electron chi connectivity index (χ3n) is 10.1. The van der Waals surface area contributed by atoms with Crippen LogP contribution in [0.5, 0.6) is 0 Å². The van der Waals surface area contributed by atoms with Gasteiger partial charge in [-0.25, -0.2) is 9.97 Å². The first-order valence-corrected chi connectivity index (χ1v) is 18.2. The molecular formula is C49H34N5+. The van der Waals surface area contributed by atoms with Gasteiger partial charge in [0.25, 0.3) is 0 Å². The molecule has 2 aliphatic heterocycles. The van der Waals surface area contributed by atoms with Gasteiger partial charge in [0.05, 0.1) is 17.1 Å². The first-order chi connectivity index (χ1) is 26.8. The SMILES string of the molecule is C1=Cc2nc1c(-c1ccccc1)c1ccc([nH]1)c(-c1ccccc1)c1nc(c(-c3ccccc3)c3ccc([nH]3)c2-c2ccccc2)C([n+]2ccccc2)=C1. The molecule has 2 aliphatic rings. The van der Waals surface area contributed by atoms with E-state index in [1.54, 1.807) is 0 Å². The molecule has 10 rings (SSSR count). The third kappa shape index (κ3) is 5.56. The molecule has 5 nitrogen and oxygen atoms in total. The van der Waals surface area contributed by atoms with Gasteiger partial charge >= 0.3 is 0 Å². The average molecular weight is 693 g/mol. The van der Waals surface area contributed by atoms with Gasteiger partial charge in [0.15, 0.2) is 12.4 Å². The van der Waals surface area contributed by atoms with Crippen molar-refractivity contribution in [1.29, 1.82) is 0 Å². The van der Waals surface area contributed by atoms with Gasteiger partial charge in [0.2, 0.25) is 5.70 Å². The Labute approximate surface area is 313 Å². The molecule has 0 atom stereocenters. The van der Waals surface area contributed by atoms with Crippen LogP contribution in [0.3, 0.4) is 0 Å². The molecule has 0 saturated carbocycles. The fourth-order valence-electron chi connectivity index (χ4n) is 7.65. The van der Waals surface area contributed by atoms with Crippen molar-refractivity contribution in [2.75, 3.05) is 0 Å². The lowest BCUT2D eigenvalue weighted by molar-refractivity contribution is -0.578. The highest BCUT2D eigenvalue weighted by atomic mass is 15.0. The van der Waals surface area contributed by atoms with Crippen LogP contribution in [-0.4, -0.2) is 19.9 Å². The molecule has 0 fully saturated rings. The molecule has 0 aliphatic carbocycles. The molecule has 0 unspecified atom stereocenters. The van der Waals surface area contributed by atoms with E-state index in [0.717, 1.165) is 95.0 Å². The molecule has 2 N–H and O–H groups in total. The number of nitrogens with zero attached hydrogens (tertiary/aromatic N) is 3. The molecular weight excluding hydrogens is 659 g/mol. The fraction of sp³-hybridized carbons (Fsp3) is 0. The van der Waals surface area contributed by atoms with Gasteiger partial charge in [0.1, 0.15) is 5.69 Å². The minimum atomic E-state index is 0.870. The lowest BCUT2D eigenvalue weighted by Gasteiger charge is -2.07. The summed E-state index contributed by atoms with van der Waals surface area (Å²) in [5, 5.41) is 0. The number of hydrogen-bond donors (Lipinski definition) is 2. The molecule has 0 spiro atoms. The van der Waals surface area contributed by atoms with Crippen LogP contribution in [0.15, 0.2) is 176 Å². The van der Waals surface area contributed by atoms with Crippen LogP contribution in [0.25, 0.3) is 90.5 Å². The quantitative estimate of drug-likeness (QED) is 0.176. The molecule has 4 aromatic heterocycles. The Morgan fingerprint density at radius 3 is 1.17 bits per heavy atom. The number of nitrogens with one attached hydrogen (secondary N) is 2. The molecule has 54 heavy (non-hydrogen) atoms. The second kappa shape index (κ2) is 13.3. The van der Waals surface area contributed by atoms with Crippen molar-refractivity contribution in [3.05, 3.63) is 199 Å². The predicted molar refractivity (Wildman–Crippen MR) is 222 cm³/mol. The van der Waals surface area contributed by atoms with Crippen molar-refractivity contribution in [1.82, 2.24) is 19.9 Å². The van der Waals surface area contributed by atoms with Crippen molar-refractivity contribution in [3.8, 4) is 44.5 Å². The standard InChI is InChI=1S/C49H34N5/c1-6-16-33(17-7-1)45-37-24-25-38(50-37)46(34-18-8-2-9-19-34)40-28-29-42(52-40)48(36-22-12-4-13-23-36)49-44(54-30-14-5-15-31-54)32-43(53-49)47(35-20-10-3-11-21-35)41-27-26-39(45)51-41/h1-32,51-52H/q+1. The number of aromatic amines is 2. The van der Waals surface area contributed by atoms with E-state index in [2.05, 4.69) is 203 Å². The molecule has 0 saturated heterocycles. The zero-order chi connectivity index (χ0) is 35.8. The normalized spacial score (nSPS) is 12.1. The minimum Gasteiger partial charge on any atom is -0.354 e. The molecule has 4 aromatic carbocycles. The molecule has 0 amide bonds. The average Bonchev–Trinajstić information content (AvgIpc) is 4.07. The smallest absolute Gasteiger partial charge is 0.239 e. The Hall–Kier alpha value is -7.37. The number of pyridine rings is 1. The van der Waals surface area contributed by atoms with Crippen molar-refractivity contribution < 1.29 is 4.57 Å². The van der Waals surface area contributed by atoms with Gasteiger partial charge in [0, 0.05) is 62.5 Å². The van der Waals surface area contributed by atoms with Gasteiger partial charge in [-0.2, -0.15) is 4.57 Å². The van der Waals surface area contributed by atoms with Crippen molar-refractivity contribution in [2.45, 2.75) is 0 Å². The zero-order valence-corrected chi connectivity index (χ0v) is 29.3. The number of fused-ring (bicyclic) bond motifs is 8. The highest BCUT2D eigenvalue weighted by molar-refractivity contribution is 6.00. The number of benzene rings is 4. The van der Waals surface area contributed by atoms with E-state index in [1.165, 1.54) is 0 Å². The van der Waals surface area contributed by atoms with E-state index >= 15 is 0 Å². The molecule has 8 bridgehead atoms. The zero-order valence-electron chi connectivity index (χ0n) is 29.3. The highest BCUT2D eigenvalue weighted by Gasteiger charge is 2.27. The van der Waals surface area contributed by atoms with E-state index in [9.17, 15) is 0 Å². The summed E-state index contributed by atoms with van der Waals surface area (Å²) >= 11 is 0. The second-order valence-corrected chi connectivity index (χ2v) is 13.4. The maximum absolute atomic E-state index is 5.60. The Kier molecular flexibility index (Phi) is 7.73. The summed E-state index contributed by atoms with van der Waals surface area (Å²) in [5.41, 5.74) is 16.8. The summed E-state index contributed by atoms with van der Waals surface area (Å²) in [6.45, 7) is 0. The van der Waals surface area contributed by atoms with E-state index in [4.69, 9.17) is 9.97 Å². The van der Waals surface area contributed by atoms with Gasteiger partial charge < -0.3 is 9.97 Å². The van der Waals surface area contributed by atoms with E-state index < -0.39 is 0 Å². The molecule has 6 heterocycles. The summed E-state index contributed by atoms with van der Waals surface area (Å²) in [7, 11) is 0. The largest absolute Gasteiger partial charge is 0.354 e. The van der Waals surface area contributed by atoms with Gasteiger partial charge in [-0.15, -0.1) is 0 Å². The van der Waals surface area contributed by atoms with Crippen LogP contribution in [0.2, 0.25) is 0 Å².